The van der Waals surface area contributed by atoms with Crippen molar-refractivity contribution in [3.8, 4) is 0 Å². The molecule has 0 nitrogen and oxygen atoms in total. The van der Waals surface area contributed by atoms with Crippen molar-refractivity contribution in [2.45, 2.75) is 20.3 Å². The molecule has 0 aliphatic heterocycles. The lowest BCUT2D eigenvalue weighted by Gasteiger charge is -2.00. The quantitative estimate of drug-likeness (QED) is 0.501. The number of rotatable bonds is 3. The van der Waals surface area contributed by atoms with Crippen LogP contribution in [0, 0.1) is 12.3 Å². The van der Waals surface area contributed by atoms with Crippen LogP contribution >= 0.6 is 11.6 Å². The Labute approximate surface area is 50.9 Å². The Balaban J connectivity index is 2.83. The predicted molar refractivity (Wildman–Crippen MR) is 34.5 cm³/mol. The van der Waals surface area contributed by atoms with Crippen LogP contribution in [0.4, 0.5) is 0 Å². The van der Waals surface area contributed by atoms with Crippen LogP contribution in [0.1, 0.15) is 20.3 Å². The summed E-state index contributed by atoms with van der Waals surface area (Å²) in [4.78, 5) is 0. The highest BCUT2D eigenvalue weighted by molar-refractivity contribution is 6.18. The lowest BCUT2D eigenvalue weighted by atomic mass is 10.1. The summed E-state index contributed by atoms with van der Waals surface area (Å²) < 4.78 is 0. The van der Waals surface area contributed by atoms with Gasteiger partial charge in [0.05, 0.1) is 0 Å². The van der Waals surface area contributed by atoms with Crippen molar-refractivity contribution < 1.29 is 0 Å². The van der Waals surface area contributed by atoms with Crippen molar-refractivity contribution in [2.24, 2.45) is 5.92 Å². The maximum Gasteiger partial charge on any atom is 0.0249 e. The minimum absolute atomic E-state index is 0.659. The monoisotopic (exact) mass is 119 g/mol. The lowest BCUT2D eigenvalue weighted by Crippen LogP contribution is -1.93. The Morgan fingerprint density at radius 1 is 1.71 bits per heavy atom. The Bertz CT molecular complexity index is 35.2. The van der Waals surface area contributed by atoms with Crippen molar-refractivity contribution >= 4 is 11.6 Å². The normalized spacial score (nSPS) is 14.1. The molecule has 0 aromatic heterocycles. The van der Waals surface area contributed by atoms with Gasteiger partial charge in [0.15, 0.2) is 0 Å². The zero-order chi connectivity index (χ0) is 5.70. The fourth-order valence-electron chi connectivity index (χ4n) is 0.465. The highest BCUT2D eigenvalue weighted by Gasteiger charge is 1.94. The number of alkyl halides is 1. The van der Waals surface area contributed by atoms with Gasteiger partial charge in [0.2, 0.25) is 0 Å². The van der Waals surface area contributed by atoms with E-state index in [0.29, 0.717) is 5.92 Å². The number of hydrogen-bond acceptors (Lipinski definition) is 0. The second kappa shape index (κ2) is 4.45. The number of hydrogen-bond donors (Lipinski definition) is 0. The third kappa shape index (κ3) is 4.14. The summed E-state index contributed by atoms with van der Waals surface area (Å²) >= 11 is 5.51. The van der Waals surface area contributed by atoms with E-state index in [4.69, 9.17) is 11.6 Å². The van der Waals surface area contributed by atoms with Gasteiger partial charge in [0.1, 0.15) is 0 Å². The van der Waals surface area contributed by atoms with E-state index in [2.05, 4.69) is 20.3 Å². The summed E-state index contributed by atoms with van der Waals surface area (Å²) in [5, 5.41) is 0. The van der Waals surface area contributed by atoms with Crippen LogP contribution < -0.4 is 0 Å². The van der Waals surface area contributed by atoms with Crippen LogP contribution in [-0.2, 0) is 0 Å². The maximum atomic E-state index is 5.51. The molecule has 0 aliphatic rings. The number of halogens is 1. The Kier molecular flexibility index (Phi) is 4.63. The van der Waals surface area contributed by atoms with E-state index in [1.165, 1.54) is 0 Å². The molecule has 1 atom stereocenters. The van der Waals surface area contributed by atoms with E-state index in [1.54, 1.807) is 0 Å². The predicted octanol–water partition coefficient (Wildman–Crippen LogP) is 2.48. The topological polar surface area (TPSA) is 0 Å². The average molecular weight is 120 g/mol. The maximum absolute atomic E-state index is 5.51. The van der Waals surface area contributed by atoms with Gasteiger partial charge < -0.3 is 0 Å². The van der Waals surface area contributed by atoms with Crippen LogP contribution in [-0.4, -0.2) is 5.88 Å². The Morgan fingerprint density at radius 3 is 2.43 bits per heavy atom. The molecule has 1 heteroatoms. The Morgan fingerprint density at radius 2 is 2.29 bits per heavy atom. The first-order chi connectivity index (χ1) is 3.31. The summed E-state index contributed by atoms with van der Waals surface area (Å²) in [6.07, 6.45) is 3.29. The van der Waals surface area contributed by atoms with Gasteiger partial charge in [-0.1, -0.05) is 13.8 Å². The second-order valence-corrected chi connectivity index (χ2v) is 2.21. The van der Waals surface area contributed by atoms with Crippen molar-refractivity contribution in [1.29, 1.82) is 0 Å². The molecule has 0 fully saturated rings. The summed E-state index contributed by atoms with van der Waals surface area (Å²) in [5.74, 6) is 1.44. The van der Waals surface area contributed by atoms with Gasteiger partial charge in [0, 0.05) is 5.88 Å². The smallest absolute Gasteiger partial charge is 0.0249 e. The summed E-state index contributed by atoms with van der Waals surface area (Å²) in [6, 6.07) is 0. The highest BCUT2D eigenvalue weighted by atomic mass is 35.5. The zero-order valence-electron chi connectivity index (χ0n) is 4.95. The highest BCUT2D eigenvalue weighted by Crippen LogP contribution is 2.04. The van der Waals surface area contributed by atoms with Crippen LogP contribution in [0.15, 0.2) is 0 Å². The minimum atomic E-state index is 0.659. The van der Waals surface area contributed by atoms with Gasteiger partial charge in [-0.3, -0.25) is 0 Å². The summed E-state index contributed by atoms with van der Waals surface area (Å²) in [6.45, 7) is 4.20. The molecule has 0 N–H and O–H groups in total. The van der Waals surface area contributed by atoms with E-state index < -0.39 is 0 Å². The summed E-state index contributed by atoms with van der Waals surface area (Å²) in [7, 11) is 0. The Hall–Kier alpha value is 0.290. The standard InChI is InChI=1S/C6H12Cl/c1-3-4-6(2)5-7/h3,6H,4-5H2,1-2H3. The van der Waals surface area contributed by atoms with E-state index in [9.17, 15) is 0 Å². The van der Waals surface area contributed by atoms with Gasteiger partial charge >= 0.3 is 0 Å². The molecule has 7 heavy (non-hydrogen) atoms. The van der Waals surface area contributed by atoms with Gasteiger partial charge in [-0.25, -0.2) is 0 Å². The molecule has 43 valence electrons. The fourth-order valence-corrected chi connectivity index (χ4v) is 0.591. The zero-order valence-corrected chi connectivity index (χ0v) is 5.70. The van der Waals surface area contributed by atoms with Crippen LogP contribution in [0.2, 0.25) is 0 Å². The first kappa shape index (κ1) is 7.29. The van der Waals surface area contributed by atoms with Gasteiger partial charge in [0.25, 0.3) is 0 Å². The summed E-state index contributed by atoms with van der Waals surface area (Å²) in [5.41, 5.74) is 0. The first-order valence-electron chi connectivity index (χ1n) is 2.65. The van der Waals surface area contributed by atoms with Crippen molar-refractivity contribution in [3.05, 3.63) is 6.42 Å². The molecule has 0 saturated carbocycles. The van der Waals surface area contributed by atoms with Gasteiger partial charge in [-0.05, 0) is 18.8 Å². The average Bonchev–Trinajstić information content (AvgIpc) is 1.68. The van der Waals surface area contributed by atoms with E-state index in [-0.39, 0.29) is 0 Å². The van der Waals surface area contributed by atoms with Gasteiger partial charge in [-0.15, -0.1) is 11.6 Å². The van der Waals surface area contributed by atoms with Crippen LogP contribution in [0.5, 0.6) is 0 Å². The molecular weight excluding hydrogens is 108 g/mol. The molecule has 0 aromatic carbocycles. The molecule has 0 heterocycles. The molecule has 0 spiro atoms. The molecule has 1 unspecified atom stereocenters. The molecule has 1 radical (unpaired) electrons. The van der Waals surface area contributed by atoms with Gasteiger partial charge in [-0.2, -0.15) is 0 Å². The molecule has 0 rings (SSSR count). The third-order valence-electron chi connectivity index (χ3n) is 0.901. The van der Waals surface area contributed by atoms with Crippen LogP contribution in [0.3, 0.4) is 0 Å². The fraction of sp³-hybridized carbons (Fsp3) is 0.833. The molecule has 0 aromatic rings. The molecular formula is C6H12Cl. The van der Waals surface area contributed by atoms with E-state index in [0.717, 1.165) is 12.3 Å². The van der Waals surface area contributed by atoms with Crippen LogP contribution in [0.25, 0.3) is 0 Å². The first-order valence-corrected chi connectivity index (χ1v) is 3.18. The SMILES string of the molecule is C[CH]CC(C)CCl. The second-order valence-electron chi connectivity index (χ2n) is 1.90. The lowest BCUT2D eigenvalue weighted by molar-refractivity contribution is 0.646. The molecule has 0 aliphatic carbocycles. The molecule has 0 saturated heterocycles. The van der Waals surface area contributed by atoms with E-state index >= 15 is 0 Å². The van der Waals surface area contributed by atoms with E-state index in [1.807, 2.05) is 0 Å². The minimum Gasteiger partial charge on any atom is -0.126 e. The van der Waals surface area contributed by atoms with Crippen molar-refractivity contribution in [3.63, 3.8) is 0 Å². The van der Waals surface area contributed by atoms with Crippen molar-refractivity contribution in [1.82, 2.24) is 0 Å². The largest absolute Gasteiger partial charge is 0.126 e. The molecule has 0 amide bonds. The molecule has 0 bridgehead atoms. The van der Waals surface area contributed by atoms with Crippen molar-refractivity contribution in [2.75, 3.05) is 5.88 Å². The third-order valence-corrected chi connectivity index (χ3v) is 1.43.